The molecule has 0 aliphatic heterocycles. The minimum Gasteiger partial charge on any atom is -0.330 e. The van der Waals surface area contributed by atoms with Crippen molar-refractivity contribution in [3.05, 3.63) is 47.8 Å². The van der Waals surface area contributed by atoms with Crippen molar-refractivity contribution in [2.24, 2.45) is 5.73 Å². The lowest BCUT2D eigenvalue weighted by Crippen LogP contribution is -2.16. The number of aromatic nitrogens is 2. The van der Waals surface area contributed by atoms with Crippen LogP contribution in [0.25, 0.3) is 5.69 Å². The Bertz CT molecular complexity index is 517. The van der Waals surface area contributed by atoms with Crippen LogP contribution in [0.5, 0.6) is 0 Å². The molecule has 3 nitrogen and oxygen atoms in total. The molecule has 6 heteroatoms. The summed E-state index contributed by atoms with van der Waals surface area (Å²) >= 11 is 0. The van der Waals surface area contributed by atoms with Crippen molar-refractivity contribution in [3.8, 4) is 5.69 Å². The average Bonchev–Trinajstić information content (AvgIpc) is 2.74. The fourth-order valence-electron chi connectivity index (χ4n) is 1.79. The van der Waals surface area contributed by atoms with Crippen molar-refractivity contribution in [1.29, 1.82) is 0 Å². The number of nitrogens with zero attached hydrogens (tertiary/aromatic N) is 2. The second-order valence-corrected chi connectivity index (χ2v) is 3.80. The molecule has 0 aliphatic rings. The van der Waals surface area contributed by atoms with Gasteiger partial charge in [0.05, 0.1) is 11.9 Å². The molecule has 0 fully saturated rings. The Morgan fingerprint density at radius 2 is 1.83 bits per heavy atom. The van der Waals surface area contributed by atoms with Gasteiger partial charge in [0.25, 0.3) is 0 Å². The average molecular weight is 255 g/mol. The predicted molar refractivity (Wildman–Crippen MR) is 61.3 cm³/mol. The Kier molecular flexibility index (Phi) is 3.38. The zero-order valence-electron chi connectivity index (χ0n) is 9.48. The summed E-state index contributed by atoms with van der Waals surface area (Å²) in [7, 11) is 0. The molecule has 0 amide bonds. The largest absolute Gasteiger partial charge is 0.433 e. The highest BCUT2D eigenvalue weighted by Crippen LogP contribution is 2.33. The van der Waals surface area contributed by atoms with E-state index in [-0.39, 0.29) is 18.5 Å². The van der Waals surface area contributed by atoms with Crippen LogP contribution in [0.4, 0.5) is 13.2 Å². The fraction of sp³-hybridized carbons (Fsp3) is 0.250. The summed E-state index contributed by atoms with van der Waals surface area (Å²) in [4.78, 5) is 0. The van der Waals surface area contributed by atoms with Crippen molar-refractivity contribution < 1.29 is 13.2 Å². The Morgan fingerprint density at radius 1 is 1.17 bits per heavy atom. The van der Waals surface area contributed by atoms with Gasteiger partial charge in [-0.3, -0.25) is 0 Å². The summed E-state index contributed by atoms with van der Waals surface area (Å²) in [5.41, 5.74) is 5.07. The van der Waals surface area contributed by atoms with E-state index in [0.717, 1.165) is 4.68 Å². The van der Waals surface area contributed by atoms with Crippen LogP contribution in [-0.2, 0) is 12.6 Å². The third-order valence-corrected chi connectivity index (χ3v) is 2.53. The normalized spacial score (nSPS) is 11.8. The monoisotopic (exact) mass is 255 g/mol. The molecular formula is C12H12F3N3. The number of benzene rings is 1. The van der Waals surface area contributed by atoms with Gasteiger partial charge in [-0.2, -0.15) is 18.3 Å². The Labute approximate surface area is 102 Å². The molecule has 2 N–H and O–H groups in total. The van der Waals surface area contributed by atoms with E-state index in [4.69, 9.17) is 5.73 Å². The van der Waals surface area contributed by atoms with Crippen molar-refractivity contribution in [2.75, 3.05) is 6.54 Å². The lowest BCUT2D eigenvalue weighted by Gasteiger charge is -2.12. The summed E-state index contributed by atoms with van der Waals surface area (Å²) in [6.07, 6.45) is -3.07. The molecule has 1 heterocycles. The van der Waals surface area contributed by atoms with Crippen LogP contribution in [-0.4, -0.2) is 16.3 Å². The predicted octanol–water partition coefficient (Wildman–Crippen LogP) is 2.39. The first-order valence-electron chi connectivity index (χ1n) is 5.43. The number of halogens is 3. The van der Waals surface area contributed by atoms with Crippen LogP contribution < -0.4 is 5.73 Å². The van der Waals surface area contributed by atoms with Crippen molar-refractivity contribution >= 4 is 0 Å². The molecule has 2 rings (SSSR count). The summed E-state index contributed by atoms with van der Waals surface area (Å²) in [6, 6.07) is 8.23. The van der Waals surface area contributed by atoms with E-state index in [1.54, 1.807) is 30.3 Å². The Morgan fingerprint density at radius 3 is 2.39 bits per heavy atom. The summed E-state index contributed by atoms with van der Waals surface area (Å²) in [6.45, 7) is 0.156. The first-order chi connectivity index (χ1) is 8.54. The number of alkyl halides is 3. The fourth-order valence-corrected chi connectivity index (χ4v) is 1.79. The molecule has 0 spiro atoms. The standard InChI is InChI=1S/C12H12F3N3/c13-12(14,15)11-9(6-7-16)8-17-18(11)10-4-2-1-3-5-10/h1-5,8H,6-7,16H2. The van der Waals surface area contributed by atoms with E-state index in [1.807, 2.05) is 0 Å². The van der Waals surface area contributed by atoms with Crippen LogP contribution in [0.2, 0.25) is 0 Å². The van der Waals surface area contributed by atoms with Crippen molar-refractivity contribution in [3.63, 3.8) is 0 Å². The highest BCUT2D eigenvalue weighted by molar-refractivity contribution is 5.36. The van der Waals surface area contributed by atoms with Gasteiger partial charge in [0.15, 0.2) is 5.69 Å². The first kappa shape index (κ1) is 12.6. The smallest absolute Gasteiger partial charge is 0.330 e. The van der Waals surface area contributed by atoms with E-state index in [0.29, 0.717) is 5.69 Å². The van der Waals surface area contributed by atoms with E-state index < -0.39 is 11.9 Å². The van der Waals surface area contributed by atoms with E-state index in [1.165, 1.54) is 6.20 Å². The van der Waals surface area contributed by atoms with Gasteiger partial charge >= 0.3 is 6.18 Å². The minimum atomic E-state index is -4.45. The first-order valence-corrected chi connectivity index (χ1v) is 5.43. The number of hydrogen-bond donors (Lipinski definition) is 1. The van der Waals surface area contributed by atoms with Crippen LogP contribution in [0, 0.1) is 0 Å². The number of hydrogen-bond acceptors (Lipinski definition) is 2. The van der Waals surface area contributed by atoms with Gasteiger partial charge < -0.3 is 5.73 Å². The van der Waals surface area contributed by atoms with Gasteiger partial charge in [-0.1, -0.05) is 18.2 Å². The molecular weight excluding hydrogens is 243 g/mol. The van der Waals surface area contributed by atoms with Crippen LogP contribution >= 0.6 is 0 Å². The molecule has 96 valence electrons. The quantitative estimate of drug-likeness (QED) is 0.915. The maximum absolute atomic E-state index is 13.0. The highest BCUT2D eigenvalue weighted by atomic mass is 19.4. The zero-order chi connectivity index (χ0) is 13.2. The third-order valence-electron chi connectivity index (χ3n) is 2.53. The third kappa shape index (κ3) is 2.38. The molecule has 0 saturated heterocycles. The highest BCUT2D eigenvalue weighted by Gasteiger charge is 2.38. The summed E-state index contributed by atoms with van der Waals surface area (Å²) < 4.78 is 40.1. The van der Waals surface area contributed by atoms with Crippen molar-refractivity contribution in [1.82, 2.24) is 9.78 Å². The van der Waals surface area contributed by atoms with Crippen LogP contribution in [0.1, 0.15) is 11.3 Å². The molecule has 0 aliphatic carbocycles. The zero-order valence-corrected chi connectivity index (χ0v) is 9.48. The van der Waals surface area contributed by atoms with Crippen LogP contribution in [0.3, 0.4) is 0 Å². The summed E-state index contributed by atoms with van der Waals surface area (Å²) in [5.74, 6) is 0. The maximum atomic E-state index is 13.0. The second-order valence-electron chi connectivity index (χ2n) is 3.80. The molecule has 0 saturated carbocycles. The SMILES string of the molecule is NCCc1cnn(-c2ccccc2)c1C(F)(F)F. The Hall–Kier alpha value is -1.82. The molecule has 0 radical (unpaired) electrons. The van der Waals surface area contributed by atoms with Gasteiger partial charge in [-0.25, -0.2) is 4.68 Å². The topological polar surface area (TPSA) is 43.8 Å². The number of nitrogens with two attached hydrogens (primary N) is 1. The molecule has 1 aromatic heterocycles. The summed E-state index contributed by atoms with van der Waals surface area (Å²) in [5, 5.41) is 3.81. The lowest BCUT2D eigenvalue weighted by atomic mass is 10.1. The molecule has 0 atom stereocenters. The lowest BCUT2D eigenvalue weighted by molar-refractivity contribution is -0.143. The molecule has 0 bridgehead atoms. The molecule has 0 unspecified atom stereocenters. The van der Waals surface area contributed by atoms with Crippen LogP contribution in [0.15, 0.2) is 36.5 Å². The van der Waals surface area contributed by atoms with Crippen molar-refractivity contribution in [2.45, 2.75) is 12.6 Å². The second kappa shape index (κ2) is 4.81. The van der Waals surface area contributed by atoms with Gasteiger partial charge in [0.2, 0.25) is 0 Å². The Balaban J connectivity index is 2.55. The van der Waals surface area contributed by atoms with Gasteiger partial charge in [0.1, 0.15) is 0 Å². The maximum Gasteiger partial charge on any atom is 0.433 e. The molecule has 1 aromatic carbocycles. The molecule has 2 aromatic rings. The van der Waals surface area contributed by atoms with Gasteiger partial charge in [-0.15, -0.1) is 0 Å². The van der Waals surface area contributed by atoms with E-state index >= 15 is 0 Å². The van der Waals surface area contributed by atoms with E-state index in [2.05, 4.69) is 5.10 Å². The van der Waals surface area contributed by atoms with Gasteiger partial charge in [0, 0.05) is 5.56 Å². The van der Waals surface area contributed by atoms with E-state index in [9.17, 15) is 13.2 Å². The van der Waals surface area contributed by atoms with Gasteiger partial charge in [-0.05, 0) is 25.1 Å². The number of rotatable bonds is 3. The molecule has 18 heavy (non-hydrogen) atoms. The minimum absolute atomic E-state index is 0.119. The number of para-hydroxylation sites is 1.